The van der Waals surface area contributed by atoms with E-state index in [1.54, 1.807) is 25.3 Å². The summed E-state index contributed by atoms with van der Waals surface area (Å²) in [6.45, 7) is 1.04. The van der Waals surface area contributed by atoms with Crippen LogP contribution >= 0.6 is 0 Å². The fourth-order valence-electron chi connectivity index (χ4n) is 2.32. The smallest absolute Gasteiger partial charge is 0.129 e. The van der Waals surface area contributed by atoms with Gasteiger partial charge in [-0.3, -0.25) is 0 Å². The van der Waals surface area contributed by atoms with Crippen LogP contribution in [0.3, 0.4) is 0 Å². The Kier molecular flexibility index (Phi) is 4.32. The van der Waals surface area contributed by atoms with Crippen LogP contribution in [0.4, 0.5) is 4.39 Å². The molecule has 1 unspecified atom stereocenters. The van der Waals surface area contributed by atoms with E-state index in [1.807, 2.05) is 0 Å². The van der Waals surface area contributed by atoms with Gasteiger partial charge in [-0.05, 0) is 25.3 Å². The molecule has 2 N–H and O–H groups in total. The average molecular weight is 253 g/mol. The number of hydrogen-bond donors (Lipinski definition) is 2. The van der Waals surface area contributed by atoms with E-state index in [9.17, 15) is 9.50 Å². The van der Waals surface area contributed by atoms with Crippen LogP contribution in [-0.2, 0) is 4.74 Å². The lowest BCUT2D eigenvalue weighted by Crippen LogP contribution is -2.48. The van der Waals surface area contributed by atoms with Gasteiger partial charge in [0.15, 0.2) is 0 Å². The van der Waals surface area contributed by atoms with Gasteiger partial charge in [0.2, 0.25) is 0 Å². The highest BCUT2D eigenvalue weighted by Crippen LogP contribution is 2.34. The Labute approximate surface area is 107 Å². The van der Waals surface area contributed by atoms with E-state index in [1.165, 1.54) is 12.5 Å². The summed E-state index contributed by atoms with van der Waals surface area (Å²) in [5.41, 5.74) is 0.264. The molecule has 0 saturated heterocycles. The summed E-state index contributed by atoms with van der Waals surface area (Å²) >= 11 is 0. The van der Waals surface area contributed by atoms with E-state index < -0.39 is 6.10 Å². The minimum Gasteiger partial charge on any atom is -0.387 e. The number of methoxy groups -OCH3 is 1. The molecule has 1 saturated carbocycles. The third-order valence-electron chi connectivity index (χ3n) is 3.75. The fourth-order valence-corrected chi connectivity index (χ4v) is 2.32. The molecule has 1 aliphatic rings. The molecule has 1 aromatic carbocycles. The van der Waals surface area contributed by atoms with Crippen molar-refractivity contribution in [3.8, 4) is 0 Å². The normalized spacial score (nSPS) is 19.3. The molecule has 0 spiro atoms. The van der Waals surface area contributed by atoms with E-state index >= 15 is 0 Å². The van der Waals surface area contributed by atoms with Crippen LogP contribution in [0, 0.1) is 5.82 Å². The van der Waals surface area contributed by atoms with Crippen molar-refractivity contribution in [1.29, 1.82) is 0 Å². The Morgan fingerprint density at radius 2 is 2.17 bits per heavy atom. The Bertz CT molecular complexity index is 388. The number of aliphatic hydroxyl groups excluding tert-OH is 1. The molecule has 18 heavy (non-hydrogen) atoms. The van der Waals surface area contributed by atoms with E-state index in [-0.39, 0.29) is 11.4 Å². The van der Waals surface area contributed by atoms with Crippen molar-refractivity contribution in [3.05, 3.63) is 35.6 Å². The van der Waals surface area contributed by atoms with Gasteiger partial charge < -0.3 is 15.2 Å². The second kappa shape index (κ2) is 5.78. The first-order valence-corrected chi connectivity index (χ1v) is 6.35. The predicted octanol–water partition coefficient (Wildman–Crippen LogP) is 2.02. The van der Waals surface area contributed by atoms with Crippen molar-refractivity contribution in [2.24, 2.45) is 0 Å². The van der Waals surface area contributed by atoms with Gasteiger partial charge in [-0.15, -0.1) is 0 Å². The fraction of sp³-hybridized carbons (Fsp3) is 0.571. The summed E-state index contributed by atoms with van der Waals surface area (Å²) in [5.74, 6) is -0.364. The number of aliphatic hydroxyl groups is 1. The molecule has 1 fully saturated rings. The average Bonchev–Trinajstić information content (AvgIpc) is 2.33. The number of ether oxygens (including phenoxy) is 1. The third-order valence-corrected chi connectivity index (χ3v) is 3.75. The molecular formula is C14H20FNO2. The zero-order valence-electron chi connectivity index (χ0n) is 10.7. The molecule has 1 aromatic rings. The first kappa shape index (κ1) is 13.5. The summed E-state index contributed by atoms with van der Waals surface area (Å²) in [7, 11) is 1.72. The second-order valence-corrected chi connectivity index (χ2v) is 4.91. The number of rotatable bonds is 6. The van der Waals surface area contributed by atoms with Gasteiger partial charge >= 0.3 is 0 Å². The Morgan fingerprint density at radius 3 is 2.72 bits per heavy atom. The number of halogens is 1. The molecule has 100 valence electrons. The highest BCUT2D eigenvalue weighted by atomic mass is 19.1. The van der Waals surface area contributed by atoms with E-state index in [4.69, 9.17) is 4.74 Å². The molecule has 0 bridgehead atoms. The van der Waals surface area contributed by atoms with E-state index in [0.717, 1.165) is 12.8 Å². The van der Waals surface area contributed by atoms with Crippen molar-refractivity contribution in [1.82, 2.24) is 5.32 Å². The number of hydrogen-bond acceptors (Lipinski definition) is 3. The Morgan fingerprint density at radius 1 is 1.44 bits per heavy atom. The van der Waals surface area contributed by atoms with Crippen LogP contribution in [-0.4, -0.2) is 30.9 Å². The molecule has 2 rings (SSSR count). The standard InChI is InChI=1S/C14H20FNO2/c1-18-14(7-4-8-14)10-16-9-13(17)11-5-2-3-6-12(11)15/h2-3,5-6,13,16-17H,4,7-10H2,1H3. The van der Waals surface area contributed by atoms with Crippen molar-refractivity contribution in [2.45, 2.75) is 31.0 Å². The Hall–Kier alpha value is -0.970. The quantitative estimate of drug-likeness (QED) is 0.815. The molecule has 4 heteroatoms. The molecule has 3 nitrogen and oxygen atoms in total. The van der Waals surface area contributed by atoms with E-state index in [2.05, 4.69) is 5.32 Å². The molecule has 0 radical (unpaired) electrons. The highest BCUT2D eigenvalue weighted by molar-refractivity contribution is 5.20. The molecule has 0 aromatic heterocycles. The van der Waals surface area contributed by atoms with Crippen LogP contribution in [0.15, 0.2) is 24.3 Å². The maximum Gasteiger partial charge on any atom is 0.129 e. The Balaban J connectivity index is 1.82. The van der Waals surface area contributed by atoms with Gasteiger partial charge in [-0.1, -0.05) is 18.2 Å². The van der Waals surface area contributed by atoms with Crippen molar-refractivity contribution in [2.75, 3.05) is 20.2 Å². The number of benzene rings is 1. The van der Waals surface area contributed by atoms with Gasteiger partial charge in [-0.2, -0.15) is 0 Å². The van der Waals surface area contributed by atoms with Gasteiger partial charge in [-0.25, -0.2) is 4.39 Å². The summed E-state index contributed by atoms with van der Waals surface area (Å²) < 4.78 is 18.9. The van der Waals surface area contributed by atoms with Gasteiger partial charge in [0.1, 0.15) is 5.82 Å². The molecule has 1 aliphatic carbocycles. The molecule has 1 atom stereocenters. The van der Waals surface area contributed by atoms with Crippen molar-refractivity contribution >= 4 is 0 Å². The van der Waals surface area contributed by atoms with Gasteiger partial charge in [0.05, 0.1) is 11.7 Å². The maximum atomic E-state index is 13.4. The highest BCUT2D eigenvalue weighted by Gasteiger charge is 2.36. The minimum atomic E-state index is -0.819. The summed E-state index contributed by atoms with van der Waals surface area (Å²) in [6.07, 6.45) is 2.46. The van der Waals surface area contributed by atoms with Gasteiger partial charge in [0.25, 0.3) is 0 Å². The monoisotopic (exact) mass is 253 g/mol. The van der Waals surface area contributed by atoms with Crippen LogP contribution < -0.4 is 5.32 Å². The first-order chi connectivity index (χ1) is 8.67. The summed E-state index contributed by atoms with van der Waals surface area (Å²) in [6, 6.07) is 6.32. The lowest BCUT2D eigenvalue weighted by molar-refractivity contribution is -0.0704. The van der Waals surface area contributed by atoms with Crippen LogP contribution in [0.1, 0.15) is 30.9 Å². The lowest BCUT2D eigenvalue weighted by Gasteiger charge is -2.40. The SMILES string of the molecule is COC1(CNCC(O)c2ccccc2F)CCC1. The lowest BCUT2D eigenvalue weighted by atomic mass is 9.80. The van der Waals surface area contributed by atoms with Crippen LogP contribution in [0.5, 0.6) is 0 Å². The van der Waals surface area contributed by atoms with Crippen LogP contribution in [0.2, 0.25) is 0 Å². The molecular weight excluding hydrogens is 233 g/mol. The number of nitrogens with one attached hydrogen (secondary N) is 1. The molecule has 0 amide bonds. The van der Waals surface area contributed by atoms with Gasteiger partial charge in [0, 0.05) is 25.8 Å². The zero-order chi connectivity index (χ0) is 13.0. The van der Waals surface area contributed by atoms with Crippen molar-refractivity contribution < 1.29 is 14.2 Å². The van der Waals surface area contributed by atoms with Crippen LogP contribution in [0.25, 0.3) is 0 Å². The molecule has 0 heterocycles. The predicted molar refractivity (Wildman–Crippen MR) is 67.8 cm³/mol. The zero-order valence-corrected chi connectivity index (χ0v) is 10.7. The van der Waals surface area contributed by atoms with Crippen molar-refractivity contribution in [3.63, 3.8) is 0 Å². The van der Waals surface area contributed by atoms with E-state index in [0.29, 0.717) is 18.7 Å². The molecule has 0 aliphatic heterocycles. The third kappa shape index (κ3) is 2.88. The summed E-state index contributed by atoms with van der Waals surface area (Å²) in [4.78, 5) is 0. The first-order valence-electron chi connectivity index (χ1n) is 6.35. The minimum absolute atomic E-state index is 0.0745. The largest absolute Gasteiger partial charge is 0.387 e. The maximum absolute atomic E-state index is 13.4. The summed E-state index contributed by atoms with van der Waals surface area (Å²) in [5, 5.41) is 13.1. The second-order valence-electron chi connectivity index (χ2n) is 4.91. The topological polar surface area (TPSA) is 41.5 Å².